The zero-order valence-corrected chi connectivity index (χ0v) is 17.7. The van der Waals surface area contributed by atoms with Crippen molar-refractivity contribution in [3.8, 4) is 0 Å². The molecule has 5 nitrogen and oxygen atoms in total. The molecule has 1 aromatic heterocycles. The first kappa shape index (κ1) is 21.4. The molecule has 7 heteroatoms. The van der Waals surface area contributed by atoms with Crippen molar-refractivity contribution in [3.05, 3.63) is 57.3 Å². The van der Waals surface area contributed by atoms with Crippen LogP contribution in [0, 0.1) is 0 Å². The van der Waals surface area contributed by atoms with Crippen LogP contribution in [0.25, 0.3) is 0 Å². The highest BCUT2D eigenvalue weighted by atomic mass is 127. The summed E-state index contributed by atoms with van der Waals surface area (Å²) in [6.07, 6.45) is 1.07. The van der Waals surface area contributed by atoms with Gasteiger partial charge in [-0.3, -0.25) is 4.79 Å². The fraction of sp³-hybridized carbons (Fsp3) is 0.333. The molecule has 0 spiro atoms. The molecule has 2 aromatic rings. The molecule has 0 bridgehead atoms. The molecule has 0 saturated carbocycles. The highest BCUT2D eigenvalue weighted by Crippen LogP contribution is 2.16. The predicted octanol–water partition coefficient (Wildman–Crippen LogP) is 3.28. The molecular weight excluding hydrogens is 447 g/mol. The summed E-state index contributed by atoms with van der Waals surface area (Å²) >= 11 is 1.82. The van der Waals surface area contributed by atoms with E-state index >= 15 is 0 Å². The van der Waals surface area contributed by atoms with Crippen LogP contribution in [0.3, 0.4) is 0 Å². The summed E-state index contributed by atoms with van der Waals surface area (Å²) in [5.41, 5.74) is 6.79. The molecule has 0 fully saturated rings. The second-order valence-electron chi connectivity index (χ2n) is 5.33. The second-order valence-corrected chi connectivity index (χ2v) is 6.58. The van der Waals surface area contributed by atoms with Crippen molar-refractivity contribution in [2.75, 3.05) is 6.54 Å². The highest BCUT2D eigenvalue weighted by molar-refractivity contribution is 14.0. The number of halogens is 1. The Balaban J connectivity index is 0.00000312. The van der Waals surface area contributed by atoms with Gasteiger partial charge in [-0.05, 0) is 43.2 Å². The van der Waals surface area contributed by atoms with Gasteiger partial charge in [0.1, 0.15) is 0 Å². The van der Waals surface area contributed by atoms with E-state index in [1.54, 1.807) is 12.1 Å². The lowest BCUT2D eigenvalue weighted by molar-refractivity contribution is 0.100. The number of carbonyl (C=O) groups excluding carboxylic acids is 1. The fourth-order valence-electron chi connectivity index (χ4n) is 2.16. The number of amides is 1. The van der Waals surface area contributed by atoms with E-state index in [0.29, 0.717) is 12.1 Å². The topological polar surface area (TPSA) is 79.5 Å². The number of nitrogens with two attached hydrogens (primary N) is 1. The lowest BCUT2D eigenvalue weighted by Gasteiger charge is -2.10. The zero-order valence-electron chi connectivity index (χ0n) is 14.5. The van der Waals surface area contributed by atoms with Crippen LogP contribution >= 0.6 is 35.3 Å². The number of thiophene rings is 1. The number of rotatable bonds is 7. The minimum atomic E-state index is -0.414. The van der Waals surface area contributed by atoms with Gasteiger partial charge in [-0.1, -0.05) is 19.1 Å². The minimum Gasteiger partial charge on any atom is -0.366 e. The second kappa shape index (κ2) is 11.1. The van der Waals surface area contributed by atoms with Gasteiger partial charge >= 0.3 is 0 Å². The Bertz CT molecular complexity index is 697. The molecule has 0 aliphatic heterocycles. The molecule has 4 N–H and O–H groups in total. The first-order chi connectivity index (χ1) is 11.6. The summed E-state index contributed by atoms with van der Waals surface area (Å²) in [5.74, 6) is 0.366. The van der Waals surface area contributed by atoms with Crippen molar-refractivity contribution in [3.63, 3.8) is 0 Å². The Kier molecular flexibility index (Phi) is 9.51. The number of primary amides is 1. The lowest BCUT2D eigenvalue weighted by Crippen LogP contribution is -2.36. The van der Waals surface area contributed by atoms with E-state index in [-0.39, 0.29) is 24.0 Å². The van der Waals surface area contributed by atoms with E-state index in [4.69, 9.17) is 5.73 Å². The summed E-state index contributed by atoms with van der Waals surface area (Å²) in [5, 5.41) is 6.59. The Morgan fingerprint density at radius 1 is 1.08 bits per heavy atom. The molecule has 0 aliphatic carbocycles. The van der Waals surface area contributed by atoms with Gasteiger partial charge in [0.05, 0.1) is 13.1 Å². The van der Waals surface area contributed by atoms with Crippen LogP contribution in [0.2, 0.25) is 0 Å². The molecule has 0 saturated heterocycles. The van der Waals surface area contributed by atoms with Crippen molar-refractivity contribution in [2.24, 2.45) is 10.7 Å². The molecule has 0 unspecified atom stereocenters. The maximum absolute atomic E-state index is 11.1. The van der Waals surface area contributed by atoms with Gasteiger partial charge in [0.2, 0.25) is 5.91 Å². The third kappa shape index (κ3) is 7.03. The van der Waals surface area contributed by atoms with E-state index in [0.717, 1.165) is 31.0 Å². The smallest absolute Gasteiger partial charge is 0.248 e. The Morgan fingerprint density at radius 3 is 2.32 bits per heavy atom. The third-order valence-electron chi connectivity index (χ3n) is 3.50. The molecule has 25 heavy (non-hydrogen) atoms. The molecule has 0 aliphatic rings. The van der Waals surface area contributed by atoms with Crippen LogP contribution in [0.5, 0.6) is 0 Å². The Morgan fingerprint density at radius 2 is 1.76 bits per heavy atom. The first-order valence-corrected chi connectivity index (χ1v) is 8.92. The largest absolute Gasteiger partial charge is 0.366 e. The van der Waals surface area contributed by atoms with Gasteiger partial charge < -0.3 is 16.4 Å². The first-order valence-electron chi connectivity index (χ1n) is 8.10. The number of nitrogens with one attached hydrogen (secondary N) is 2. The van der Waals surface area contributed by atoms with E-state index in [2.05, 4.69) is 34.7 Å². The van der Waals surface area contributed by atoms with Crippen molar-refractivity contribution < 1.29 is 4.79 Å². The molecule has 0 radical (unpaired) electrons. The van der Waals surface area contributed by atoms with Gasteiger partial charge in [0.15, 0.2) is 5.96 Å². The van der Waals surface area contributed by atoms with Gasteiger partial charge in [0, 0.05) is 21.9 Å². The maximum Gasteiger partial charge on any atom is 0.248 e. The van der Waals surface area contributed by atoms with E-state index in [1.807, 2.05) is 30.4 Å². The molecular formula is C18H25IN4OS. The number of carbonyl (C=O) groups is 1. The Labute approximate surface area is 170 Å². The minimum absolute atomic E-state index is 0. The number of hydrogen-bond donors (Lipinski definition) is 3. The number of benzene rings is 1. The highest BCUT2D eigenvalue weighted by Gasteiger charge is 2.02. The van der Waals surface area contributed by atoms with Gasteiger partial charge in [-0.2, -0.15) is 0 Å². The molecule has 1 amide bonds. The van der Waals surface area contributed by atoms with Gasteiger partial charge in [-0.15, -0.1) is 35.3 Å². The van der Waals surface area contributed by atoms with Crippen LogP contribution in [0.4, 0.5) is 0 Å². The van der Waals surface area contributed by atoms with Crippen molar-refractivity contribution in [1.29, 1.82) is 0 Å². The summed E-state index contributed by atoms with van der Waals surface area (Å²) in [6.45, 7) is 6.31. The van der Waals surface area contributed by atoms with E-state index < -0.39 is 5.91 Å². The number of aliphatic imine (C=N–C) groups is 1. The SMILES string of the molecule is CCNC(=NCc1ccc(C(N)=O)cc1)NCc1ccc(CC)s1.I. The summed E-state index contributed by atoms with van der Waals surface area (Å²) in [4.78, 5) is 18.4. The van der Waals surface area contributed by atoms with E-state index in [9.17, 15) is 4.79 Å². The quantitative estimate of drug-likeness (QED) is 0.329. The average Bonchev–Trinajstić information content (AvgIpc) is 3.06. The summed E-state index contributed by atoms with van der Waals surface area (Å²) < 4.78 is 0. The van der Waals surface area contributed by atoms with E-state index in [1.165, 1.54) is 9.75 Å². The molecule has 1 heterocycles. The van der Waals surface area contributed by atoms with Crippen LogP contribution in [-0.4, -0.2) is 18.4 Å². The van der Waals surface area contributed by atoms with Gasteiger partial charge in [-0.25, -0.2) is 4.99 Å². The summed E-state index contributed by atoms with van der Waals surface area (Å²) in [6, 6.07) is 11.5. The maximum atomic E-state index is 11.1. The normalized spacial score (nSPS) is 10.9. The van der Waals surface area contributed by atoms with Crippen molar-refractivity contribution >= 4 is 47.2 Å². The number of hydrogen-bond acceptors (Lipinski definition) is 3. The van der Waals surface area contributed by atoms with Crippen LogP contribution in [0.15, 0.2) is 41.4 Å². The van der Waals surface area contributed by atoms with Crippen molar-refractivity contribution in [2.45, 2.75) is 33.4 Å². The standard InChI is InChI=1S/C18H24N4OS.HI/c1-3-15-9-10-16(24-15)12-22-18(20-4-2)21-11-13-5-7-14(8-6-13)17(19)23;/h5-10H,3-4,11-12H2,1-2H3,(H2,19,23)(H2,20,21,22);1H. The fourth-order valence-corrected chi connectivity index (χ4v) is 3.06. The van der Waals surface area contributed by atoms with Crippen LogP contribution in [-0.2, 0) is 19.5 Å². The zero-order chi connectivity index (χ0) is 17.4. The number of aryl methyl sites for hydroxylation is 1. The molecule has 136 valence electrons. The number of guanidine groups is 1. The predicted molar refractivity (Wildman–Crippen MR) is 116 cm³/mol. The monoisotopic (exact) mass is 472 g/mol. The van der Waals surface area contributed by atoms with Crippen LogP contribution < -0.4 is 16.4 Å². The molecule has 1 aromatic carbocycles. The lowest BCUT2D eigenvalue weighted by atomic mass is 10.1. The molecule has 2 rings (SSSR count). The summed E-state index contributed by atoms with van der Waals surface area (Å²) in [7, 11) is 0. The third-order valence-corrected chi connectivity index (χ3v) is 4.73. The molecule has 0 atom stereocenters. The van der Waals surface area contributed by atoms with Gasteiger partial charge in [0.25, 0.3) is 0 Å². The number of nitrogens with zero attached hydrogens (tertiary/aromatic N) is 1. The van der Waals surface area contributed by atoms with Crippen LogP contribution in [0.1, 0.15) is 39.5 Å². The Hall–Kier alpha value is -1.61. The van der Waals surface area contributed by atoms with Crippen molar-refractivity contribution in [1.82, 2.24) is 10.6 Å². The average molecular weight is 472 g/mol.